The molecule has 0 radical (unpaired) electrons. The van der Waals surface area contributed by atoms with Crippen molar-refractivity contribution < 1.29 is 9.59 Å². The first-order valence-electron chi connectivity index (χ1n) is 11.2. The zero-order valence-electron chi connectivity index (χ0n) is 16.8. The molecule has 2 amide bonds. The maximum Gasteiger partial charge on any atom is 0.223 e. The summed E-state index contributed by atoms with van der Waals surface area (Å²) in [5, 5.41) is 6.63. The Morgan fingerprint density at radius 3 is 1.27 bits per heavy atom. The quantitative estimate of drug-likeness (QED) is 0.788. The molecule has 0 spiro atoms. The van der Waals surface area contributed by atoms with E-state index in [0.29, 0.717) is 23.9 Å². The summed E-state index contributed by atoms with van der Waals surface area (Å²) in [5.74, 6) is 1.91. The van der Waals surface area contributed by atoms with E-state index in [4.69, 9.17) is 0 Å². The van der Waals surface area contributed by atoms with E-state index in [9.17, 15) is 9.59 Å². The highest BCUT2D eigenvalue weighted by Gasteiger charge is 2.33. The molecule has 0 aromatic carbocycles. The van der Waals surface area contributed by atoms with Gasteiger partial charge in [0.2, 0.25) is 11.8 Å². The van der Waals surface area contributed by atoms with E-state index in [0.717, 1.165) is 38.5 Å². The molecule has 4 unspecified atom stereocenters. The smallest absolute Gasteiger partial charge is 0.223 e. The van der Waals surface area contributed by atoms with Crippen LogP contribution in [0.4, 0.5) is 0 Å². The number of hydrogen-bond donors (Lipinski definition) is 2. The van der Waals surface area contributed by atoms with Crippen LogP contribution in [0.15, 0.2) is 0 Å². The van der Waals surface area contributed by atoms with Crippen LogP contribution in [0.25, 0.3) is 0 Å². The third kappa shape index (κ3) is 5.01. The minimum absolute atomic E-state index is 0.113. The molecule has 3 aliphatic carbocycles. The normalized spacial score (nSPS) is 38.4. The second kappa shape index (κ2) is 9.23. The number of nitrogens with one attached hydrogen (secondary N) is 2. The molecular weight excluding hydrogens is 324 g/mol. The molecule has 4 atom stereocenters. The average Bonchev–Trinajstić information content (AvgIpc) is 2.65. The summed E-state index contributed by atoms with van der Waals surface area (Å²) in [5.41, 5.74) is 0. The summed E-state index contributed by atoms with van der Waals surface area (Å²) < 4.78 is 0. The average molecular weight is 363 g/mol. The molecule has 2 N–H and O–H groups in total. The van der Waals surface area contributed by atoms with E-state index in [-0.39, 0.29) is 23.7 Å². The summed E-state index contributed by atoms with van der Waals surface area (Å²) in [7, 11) is 0. The standard InChI is InChI=1S/C22H38N2O2/c1-15-7-3-5-9-19(15)23-21(25)17-11-13-18(14-12-17)22(26)24-20-10-6-4-8-16(20)2/h15-20H,3-14H2,1-2H3,(H,23,25)(H,24,26). The minimum atomic E-state index is 0.113. The molecule has 3 saturated carbocycles. The van der Waals surface area contributed by atoms with Gasteiger partial charge in [0.15, 0.2) is 0 Å². The van der Waals surface area contributed by atoms with E-state index in [1.54, 1.807) is 0 Å². The van der Waals surface area contributed by atoms with E-state index >= 15 is 0 Å². The van der Waals surface area contributed by atoms with Crippen LogP contribution in [0, 0.1) is 23.7 Å². The Morgan fingerprint density at radius 1 is 0.577 bits per heavy atom. The lowest BCUT2D eigenvalue weighted by Crippen LogP contribution is -2.46. The largest absolute Gasteiger partial charge is 0.353 e. The maximum atomic E-state index is 12.6. The first kappa shape index (κ1) is 19.7. The van der Waals surface area contributed by atoms with Crippen molar-refractivity contribution in [2.75, 3.05) is 0 Å². The summed E-state index contributed by atoms with van der Waals surface area (Å²) in [6, 6.07) is 0.732. The Kier molecular flexibility index (Phi) is 6.99. The zero-order chi connectivity index (χ0) is 18.5. The van der Waals surface area contributed by atoms with Crippen molar-refractivity contribution in [2.45, 2.75) is 103 Å². The Balaban J connectivity index is 1.41. The predicted molar refractivity (Wildman–Crippen MR) is 105 cm³/mol. The fraction of sp³-hybridized carbons (Fsp3) is 0.909. The lowest BCUT2D eigenvalue weighted by atomic mass is 9.79. The van der Waals surface area contributed by atoms with Crippen molar-refractivity contribution in [3.63, 3.8) is 0 Å². The van der Waals surface area contributed by atoms with E-state index in [2.05, 4.69) is 24.5 Å². The molecule has 4 nitrogen and oxygen atoms in total. The summed E-state index contributed by atoms with van der Waals surface area (Å²) >= 11 is 0. The van der Waals surface area contributed by atoms with Gasteiger partial charge < -0.3 is 10.6 Å². The molecule has 0 aromatic rings. The van der Waals surface area contributed by atoms with E-state index in [1.165, 1.54) is 38.5 Å². The van der Waals surface area contributed by atoms with Crippen LogP contribution in [-0.2, 0) is 9.59 Å². The second-order valence-electron chi connectivity index (χ2n) is 9.30. The van der Waals surface area contributed by atoms with Gasteiger partial charge in [-0.1, -0.05) is 39.5 Å². The van der Waals surface area contributed by atoms with E-state index in [1.807, 2.05) is 0 Å². The van der Waals surface area contributed by atoms with Gasteiger partial charge in [0, 0.05) is 23.9 Å². The van der Waals surface area contributed by atoms with Crippen molar-refractivity contribution in [3.05, 3.63) is 0 Å². The predicted octanol–water partition coefficient (Wildman–Crippen LogP) is 4.18. The topological polar surface area (TPSA) is 58.2 Å². The highest BCUT2D eigenvalue weighted by molar-refractivity contribution is 5.81. The molecule has 3 fully saturated rings. The molecule has 0 aliphatic heterocycles. The molecule has 0 bridgehead atoms. The van der Waals surface area contributed by atoms with Gasteiger partial charge in [-0.3, -0.25) is 9.59 Å². The Labute approximate surface area is 159 Å². The van der Waals surface area contributed by atoms with Gasteiger partial charge in [-0.2, -0.15) is 0 Å². The van der Waals surface area contributed by atoms with Crippen molar-refractivity contribution >= 4 is 11.8 Å². The van der Waals surface area contributed by atoms with Gasteiger partial charge in [0.25, 0.3) is 0 Å². The van der Waals surface area contributed by atoms with Crippen LogP contribution < -0.4 is 10.6 Å². The number of carbonyl (C=O) groups excluding carboxylic acids is 2. The lowest BCUT2D eigenvalue weighted by molar-refractivity contribution is -0.131. The highest BCUT2D eigenvalue weighted by atomic mass is 16.2. The van der Waals surface area contributed by atoms with Crippen LogP contribution in [0.5, 0.6) is 0 Å². The van der Waals surface area contributed by atoms with Gasteiger partial charge in [-0.05, 0) is 63.2 Å². The zero-order valence-corrected chi connectivity index (χ0v) is 16.8. The molecule has 148 valence electrons. The van der Waals surface area contributed by atoms with Crippen LogP contribution in [-0.4, -0.2) is 23.9 Å². The van der Waals surface area contributed by atoms with Crippen molar-refractivity contribution in [3.8, 4) is 0 Å². The first-order valence-corrected chi connectivity index (χ1v) is 11.2. The summed E-state index contributed by atoms with van der Waals surface area (Å²) in [4.78, 5) is 25.3. The van der Waals surface area contributed by atoms with Crippen LogP contribution in [0.3, 0.4) is 0 Å². The molecule has 26 heavy (non-hydrogen) atoms. The lowest BCUT2D eigenvalue weighted by Gasteiger charge is -2.34. The first-order chi connectivity index (χ1) is 12.5. The fourth-order valence-electron chi connectivity index (χ4n) is 5.28. The van der Waals surface area contributed by atoms with Crippen molar-refractivity contribution in [1.82, 2.24) is 10.6 Å². The van der Waals surface area contributed by atoms with Gasteiger partial charge >= 0.3 is 0 Å². The summed E-state index contributed by atoms with van der Waals surface area (Å²) in [6.45, 7) is 4.52. The molecule has 4 heteroatoms. The molecule has 3 rings (SSSR count). The molecular formula is C22H38N2O2. The second-order valence-corrected chi connectivity index (χ2v) is 9.30. The SMILES string of the molecule is CC1CCCCC1NC(=O)C1CCC(C(=O)NC2CCCCC2C)CC1. The number of carbonyl (C=O) groups is 2. The fourth-order valence-corrected chi connectivity index (χ4v) is 5.28. The third-order valence-electron chi connectivity index (χ3n) is 7.35. The maximum absolute atomic E-state index is 12.6. The van der Waals surface area contributed by atoms with E-state index < -0.39 is 0 Å². The Bertz CT molecular complexity index is 441. The number of hydrogen-bond acceptors (Lipinski definition) is 2. The Hall–Kier alpha value is -1.06. The Morgan fingerprint density at radius 2 is 0.923 bits per heavy atom. The molecule has 0 saturated heterocycles. The van der Waals surface area contributed by atoms with Crippen molar-refractivity contribution in [1.29, 1.82) is 0 Å². The number of rotatable bonds is 4. The van der Waals surface area contributed by atoms with Crippen LogP contribution >= 0.6 is 0 Å². The number of amides is 2. The van der Waals surface area contributed by atoms with Gasteiger partial charge in [-0.25, -0.2) is 0 Å². The molecule has 0 aromatic heterocycles. The van der Waals surface area contributed by atoms with Gasteiger partial charge in [0.05, 0.1) is 0 Å². The van der Waals surface area contributed by atoms with Gasteiger partial charge in [0.1, 0.15) is 0 Å². The van der Waals surface area contributed by atoms with Gasteiger partial charge in [-0.15, -0.1) is 0 Å². The van der Waals surface area contributed by atoms with Crippen molar-refractivity contribution in [2.24, 2.45) is 23.7 Å². The van der Waals surface area contributed by atoms with Crippen LogP contribution in [0.2, 0.25) is 0 Å². The summed E-state index contributed by atoms with van der Waals surface area (Å²) in [6.07, 6.45) is 13.3. The monoisotopic (exact) mass is 362 g/mol. The van der Waals surface area contributed by atoms with Crippen LogP contribution in [0.1, 0.15) is 90.9 Å². The third-order valence-corrected chi connectivity index (χ3v) is 7.35. The molecule has 3 aliphatic rings. The minimum Gasteiger partial charge on any atom is -0.353 e. The highest BCUT2D eigenvalue weighted by Crippen LogP contribution is 2.31. The molecule has 0 heterocycles.